The first kappa shape index (κ1) is 26.4. The Morgan fingerprint density at radius 1 is 1.12 bits per heavy atom. The highest BCUT2D eigenvalue weighted by atomic mass is 79.9. The lowest BCUT2D eigenvalue weighted by atomic mass is 9.97. The molecule has 5 atom stereocenters. The van der Waals surface area contributed by atoms with E-state index in [2.05, 4.69) is 41.9 Å². The van der Waals surface area contributed by atoms with E-state index in [1.54, 1.807) is 0 Å². The van der Waals surface area contributed by atoms with Gasteiger partial charge in [-0.3, -0.25) is 14.4 Å². The quantitative estimate of drug-likeness (QED) is 0.113. The van der Waals surface area contributed by atoms with Gasteiger partial charge in [0.05, 0.1) is 8.95 Å². The van der Waals surface area contributed by atoms with Crippen LogP contribution in [0.25, 0.3) is 10.4 Å². The van der Waals surface area contributed by atoms with Crippen LogP contribution in [0.15, 0.2) is 31.1 Å². The molecule has 0 aromatic heterocycles. The second-order valence-corrected chi connectivity index (χ2v) is 9.39. The van der Waals surface area contributed by atoms with Gasteiger partial charge in [0.2, 0.25) is 0 Å². The lowest BCUT2D eigenvalue weighted by molar-refractivity contribution is -0.201. The van der Waals surface area contributed by atoms with Crippen LogP contribution in [-0.4, -0.2) is 54.3 Å². The fourth-order valence-electron chi connectivity index (χ4n) is 2.90. The third kappa shape index (κ3) is 7.07. The Morgan fingerprint density at radius 2 is 1.69 bits per heavy atom. The zero-order valence-electron chi connectivity index (χ0n) is 17.0. The third-order valence-corrected chi connectivity index (χ3v) is 6.34. The average molecular weight is 599 g/mol. The number of carbonyl (C=O) groups is 3. The summed E-state index contributed by atoms with van der Waals surface area (Å²) in [4.78, 5) is 38.1. The highest BCUT2D eigenvalue weighted by molar-refractivity contribution is 9.11. The summed E-state index contributed by atoms with van der Waals surface area (Å²) in [7, 11) is 0. The molecule has 0 N–H and O–H groups in total. The predicted molar refractivity (Wildman–Crippen MR) is 117 cm³/mol. The topological polar surface area (TPSA) is 137 Å². The van der Waals surface area contributed by atoms with Crippen molar-refractivity contribution < 1.29 is 37.7 Å². The van der Waals surface area contributed by atoms with Crippen molar-refractivity contribution in [1.29, 1.82) is 0 Å². The maximum Gasteiger partial charge on any atom is 0.303 e. The first-order chi connectivity index (χ1) is 15.0. The molecule has 1 aliphatic rings. The van der Waals surface area contributed by atoms with Crippen LogP contribution in [-0.2, 0) is 33.3 Å². The van der Waals surface area contributed by atoms with Gasteiger partial charge in [-0.2, -0.15) is 0 Å². The molecule has 1 heterocycles. The Balaban J connectivity index is 2.48. The molecule has 1 saturated heterocycles. The molecule has 1 aliphatic heterocycles. The van der Waals surface area contributed by atoms with Crippen molar-refractivity contribution in [2.24, 2.45) is 5.11 Å². The molecule has 2 rings (SSSR count). The Hall–Kier alpha value is -1.86. The molecule has 32 heavy (non-hydrogen) atoms. The minimum atomic E-state index is -1.20. The number of hydrogen-bond donors (Lipinski definition) is 0. The molecule has 0 spiro atoms. The van der Waals surface area contributed by atoms with Gasteiger partial charge < -0.3 is 18.9 Å². The third-order valence-electron chi connectivity index (χ3n) is 4.07. The van der Waals surface area contributed by atoms with Crippen LogP contribution in [0.1, 0.15) is 20.8 Å². The zero-order valence-corrected chi connectivity index (χ0v) is 21.0. The molecule has 0 aliphatic carbocycles. The molecule has 10 nitrogen and oxygen atoms in total. The summed E-state index contributed by atoms with van der Waals surface area (Å²) in [5, 5.41) is 3.68. The van der Waals surface area contributed by atoms with Crippen molar-refractivity contribution in [2.45, 2.75) is 55.5 Å². The molecule has 1 aromatic rings. The average Bonchev–Trinajstić information content (AvgIpc) is 2.68. The van der Waals surface area contributed by atoms with E-state index < -0.39 is 53.5 Å². The summed E-state index contributed by atoms with van der Waals surface area (Å²) >= 11 is 7.28. The largest absolute Gasteiger partial charge is 0.463 e. The Labute approximate surface area is 203 Å². The van der Waals surface area contributed by atoms with Crippen molar-refractivity contribution in [3.8, 4) is 0 Å². The summed E-state index contributed by atoms with van der Waals surface area (Å²) in [6, 6.07) is 1.79. The van der Waals surface area contributed by atoms with E-state index in [-0.39, 0.29) is 15.6 Å². The minimum absolute atomic E-state index is 0.176. The molecule has 0 amide bonds. The monoisotopic (exact) mass is 597 g/mol. The molecule has 14 heteroatoms. The SMILES string of the molecule is CC(=O)OC[C@H]1O[C@H](Sc2cc(Br)c(F)c(Br)c2)[C@H](OC(C)=O)[C@@H](N=[N+]=[N-])[C@H]1OC(C)=O. The molecular formula is C18H18Br2FN3O7S. The smallest absolute Gasteiger partial charge is 0.303 e. The first-order valence-electron chi connectivity index (χ1n) is 9.02. The van der Waals surface area contributed by atoms with Gasteiger partial charge in [0.1, 0.15) is 36.4 Å². The Morgan fingerprint density at radius 3 is 2.19 bits per heavy atom. The summed E-state index contributed by atoms with van der Waals surface area (Å²) in [5.74, 6) is -2.51. The van der Waals surface area contributed by atoms with Crippen LogP contribution in [0.3, 0.4) is 0 Å². The summed E-state index contributed by atoms with van der Waals surface area (Å²) < 4.78 is 35.9. The second-order valence-electron chi connectivity index (χ2n) is 6.51. The lowest BCUT2D eigenvalue weighted by Gasteiger charge is -2.43. The van der Waals surface area contributed by atoms with Crippen molar-refractivity contribution in [2.75, 3.05) is 6.61 Å². The number of esters is 3. The van der Waals surface area contributed by atoms with Gasteiger partial charge in [-0.25, -0.2) is 4.39 Å². The number of rotatable bonds is 7. The number of thioether (sulfide) groups is 1. The normalized spacial score (nSPS) is 24.8. The molecule has 1 aromatic carbocycles. The van der Waals surface area contributed by atoms with Crippen LogP contribution >= 0.6 is 43.6 Å². The molecule has 0 saturated carbocycles. The zero-order chi connectivity index (χ0) is 24.0. The van der Waals surface area contributed by atoms with E-state index in [4.69, 9.17) is 24.5 Å². The second kappa shape index (κ2) is 11.8. The summed E-state index contributed by atoms with van der Waals surface area (Å²) in [5.41, 5.74) is 8.12. The standard InChI is InChI=1S/C18H18Br2FN3O7S/c1-7(25)28-6-13-16(29-8(2)26)15(23-24-22)17(30-9(3)27)18(31-13)32-10-4-11(19)14(21)12(20)5-10/h4-5,13,15-18H,6H2,1-3H3/t13-,15+,16+,17-,18-/m1/s1. The van der Waals surface area contributed by atoms with Gasteiger partial charge in [0, 0.05) is 30.6 Å². The Bertz CT molecular complexity index is 924. The van der Waals surface area contributed by atoms with Crippen LogP contribution in [0.5, 0.6) is 0 Å². The van der Waals surface area contributed by atoms with Crippen LogP contribution in [0, 0.1) is 5.82 Å². The van der Waals surface area contributed by atoms with Crippen molar-refractivity contribution in [3.63, 3.8) is 0 Å². The number of halogens is 3. The molecule has 174 valence electrons. The van der Waals surface area contributed by atoms with Crippen LogP contribution in [0.2, 0.25) is 0 Å². The van der Waals surface area contributed by atoms with Crippen LogP contribution in [0.4, 0.5) is 4.39 Å². The van der Waals surface area contributed by atoms with E-state index in [0.29, 0.717) is 4.90 Å². The first-order valence-corrected chi connectivity index (χ1v) is 11.5. The summed E-state index contributed by atoms with van der Waals surface area (Å²) in [6.45, 7) is 3.18. The number of hydrogen-bond acceptors (Lipinski definition) is 9. The van der Waals surface area contributed by atoms with Gasteiger partial charge in [-0.05, 0) is 49.5 Å². The maximum atomic E-state index is 14.0. The highest BCUT2D eigenvalue weighted by Crippen LogP contribution is 2.39. The van der Waals surface area contributed by atoms with E-state index >= 15 is 0 Å². The minimum Gasteiger partial charge on any atom is -0.463 e. The molecule has 0 unspecified atom stereocenters. The van der Waals surface area contributed by atoms with Gasteiger partial charge >= 0.3 is 17.9 Å². The van der Waals surface area contributed by atoms with E-state index in [1.807, 2.05) is 0 Å². The van der Waals surface area contributed by atoms with Crippen LogP contribution < -0.4 is 0 Å². The molecule has 0 bridgehead atoms. The number of nitrogens with zero attached hydrogens (tertiary/aromatic N) is 3. The van der Waals surface area contributed by atoms with E-state index in [9.17, 15) is 18.8 Å². The fraction of sp³-hybridized carbons (Fsp3) is 0.500. The number of carbonyl (C=O) groups excluding carboxylic acids is 3. The fourth-order valence-corrected chi connectivity index (χ4v) is 5.58. The molecular weight excluding hydrogens is 581 g/mol. The Kier molecular flexibility index (Phi) is 9.77. The van der Waals surface area contributed by atoms with Gasteiger partial charge in [-0.15, -0.1) is 0 Å². The summed E-state index contributed by atoms with van der Waals surface area (Å²) in [6.07, 6.45) is -3.40. The molecule has 1 fully saturated rings. The lowest BCUT2D eigenvalue weighted by Crippen LogP contribution is -2.59. The van der Waals surface area contributed by atoms with Crippen molar-refractivity contribution >= 4 is 61.5 Å². The van der Waals surface area contributed by atoms with E-state index in [0.717, 1.165) is 25.6 Å². The number of azide groups is 1. The highest BCUT2D eigenvalue weighted by Gasteiger charge is 2.50. The van der Waals surface area contributed by atoms with Gasteiger partial charge in [0.15, 0.2) is 5.82 Å². The molecule has 0 radical (unpaired) electrons. The van der Waals surface area contributed by atoms with Crippen molar-refractivity contribution in [3.05, 3.63) is 37.3 Å². The predicted octanol–water partition coefficient (Wildman–Crippen LogP) is 4.27. The maximum absolute atomic E-state index is 14.0. The van der Waals surface area contributed by atoms with E-state index in [1.165, 1.54) is 19.1 Å². The van der Waals surface area contributed by atoms with Gasteiger partial charge in [-0.1, -0.05) is 16.9 Å². The number of ether oxygens (including phenoxy) is 4. The number of benzene rings is 1. The van der Waals surface area contributed by atoms with Crippen molar-refractivity contribution in [1.82, 2.24) is 0 Å². The van der Waals surface area contributed by atoms with Gasteiger partial charge in [0.25, 0.3) is 0 Å².